The number of hydrogen-bond donors (Lipinski definition) is 1. The highest BCUT2D eigenvalue weighted by atomic mass is 16.2. The zero-order chi connectivity index (χ0) is 17.3. The van der Waals surface area contributed by atoms with Gasteiger partial charge in [0.1, 0.15) is 0 Å². The molecule has 1 saturated heterocycles. The fourth-order valence-electron chi connectivity index (χ4n) is 3.79. The first-order chi connectivity index (χ1) is 11.4. The first-order valence-electron chi connectivity index (χ1n) is 8.56. The van der Waals surface area contributed by atoms with Crippen LogP contribution in [0.3, 0.4) is 0 Å². The van der Waals surface area contributed by atoms with Gasteiger partial charge in [0.15, 0.2) is 0 Å². The van der Waals surface area contributed by atoms with E-state index in [0.717, 1.165) is 6.42 Å². The van der Waals surface area contributed by atoms with Crippen LogP contribution < -0.4 is 0 Å². The van der Waals surface area contributed by atoms with Crippen LogP contribution in [0.2, 0.25) is 6.82 Å². The SMILES string of the molecule is CB(O)N1C(=O)CC[C@H]1C(C)(C)c1ccc(-c2ccccc2)cc1. The van der Waals surface area contributed by atoms with Crippen molar-refractivity contribution < 1.29 is 9.82 Å². The van der Waals surface area contributed by atoms with Gasteiger partial charge in [-0.05, 0) is 29.9 Å². The number of rotatable bonds is 4. The third-order valence-electron chi connectivity index (χ3n) is 5.23. The molecule has 3 rings (SSSR count). The van der Waals surface area contributed by atoms with E-state index in [2.05, 4.69) is 50.2 Å². The fraction of sp³-hybridized carbons (Fsp3) is 0.350. The van der Waals surface area contributed by atoms with Crippen molar-refractivity contribution in [2.24, 2.45) is 0 Å². The minimum atomic E-state index is -0.743. The maximum absolute atomic E-state index is 12.1. The zero-order valence-electron chi connectivity index (χ0n) is 14.6. The van der Waals surface area contributed by atoms with E-state index in [1.807, 2.05) is 18.2 Å². The summed E-state index contributed by atoms with van der Waals surface area (Å²) in [6.45, 7) is 5.98. The molecular weight excluding hydrogens is 297 g/mol. The number of amides is 1. The van der Waals surface area contributed by atoms with E-state index < -0.39 is 7.05 Å². The van der Waals surface area contributed by atoms with Crippen molar-refractivity contribution >= 4 is 13.0 Å². The molecule has 4 heteroatoms. The fourth-order valence-corrected chi connectivity index (χ4v) is 3.79. The first-order valence-corrected chi connectivity index (χ1v) is 8.56. The van der Waals surface area contributed by atoms with Crippen LogP contribution in [-0.4, -0.2) is 28.8 Å². The average molecular weight is 321 g/mol. The summed E-state index contributed by atoms with van der Waals surface area (Å²) in [7, 11) is -0.743. The summed E-state index contributed by atoms with van der Waals surface area (Å²) in [4.78, 5) is 13.8. The van der Waals surface area contributed by atoms with Gasteiger partial charge in [-0.2, -0.15) is 0 Å². The second-order valence-corrected chi connectivity index (χ2v) is 7.15. The summed E-state index contributed by atoms with van der Waals surface area (Å²) in [5, 5.41) is 10.0. The van der Waals surface area contributed by atoms with Gasteiger partial charge in [0.05, 0.1) is 0 Å². The average Bonchev–Trinajstić information content (AvgIpc) is 2.98. The zero-order valence-corrected chi connectivity index (χ0v) is 14.6. The molecule has 0 saturated carbocycles. The maximum Gasteiger partial charge on any atom is 0.412 e. The van der Waals surface area contributed by atoms with E-state index in [4.69, 9.17) is 0 Å². The van der Waals surface area contributed by atoms with Gasteiger partial charge in [0, 0.05) is 17.9 Å². The van der Waals surface area contributed by atoms with Gasteiger partial charge in [-0.3, -0.25) is 4.79 Å². The number of carbonyl (C=O) groups is 1. The van der Waals surface area contributed by atoms with Crippen molar-refractivity contribution in [2.45, 2.75) is 45.0 Å². The Morgan fingerprint density at radius 3 is 2.21 bits per heavy atom. The van der Waals surface area contributed by atoms with E-state index >= 15 is 0 Å². The summed E-state index contributed by atoms with van der Waals surface area (Å²) >= 11 is 0. The molecule has 1 aliphatic heterocycles. The highest BCUT2D eigenvalue weighted by Gasteiger charge is 2.44. The number of carbonyl (C=O) groups excluding carboxylic acids is 1. The Labute approximate surface area is 144 Å². The van der Waals surface area contributed by atoms with Crippen LogP contribution in [0, 0.1) is 0 Å². The smallest absolute Gasteiger partial charge is 0.412 e. The molecule has 1 atom stereocenters. The normalized spacial score (nSPS) is 18.1. The predicted molar refractivity (Wildman–Crippen MR) is 98.6 cm³/mol. The quantitative estimate of drug-likeness (QED) is 0.872. The lowest BCUT2D eigenvalue weighted by molar-refractivity contribution is -0.125. The standard InChI is InChI=1S/C20H24BNO2/c1-20(2,18-13-14-19(23)22(18)21(3)24)17-11-9-16(10-12-17)15-7-5-4-6-8-15/h4-12,18,24H,13-14H2,1-3H3/t18-/m0/s1. The van der Waals surface area contributed by atoms with Crippen LogP contribution in [0.1, 0.15) is 32.3 Å². The van der Waals surface area contributed by atoms with Crippen LogP contribution in [-0.2, 0) is 10.2 Å². The van der Waals surface area contributed by atoms with Crippen molar-refractivity contribution in [3.8, 4) is 11.1 Å². The molecule has 1 heterocycles. The van der Waals surface area contributed by atoms with Gasteiger partial charge >= 0.3 is 7.05 Å². The number of nitrogens with zero attached hydrogens (tertiary/aromatic N) is 1. The lowest BCUT2D eigenvalue weighted by Gasteiger charge is -2.39. The Balaban J connectivity index is 1.89. The van der Waals surface area contributed by atoms with Crippen LogP contribution in [0.25, 0.3) is 11.1 Å². The van der Waals surface area contributed by atoms with E-state index in [9.17, 15) is 9.82 Å². The largest absolute Gasteiger partial charge is 0.432 e. The molecular formula is C20H24BNO2. The molecule has 0 aliphatic carbocycles. The molecule has 0 spiro atoms. The molecule has 1 N–H and O–H groups in total. The van der Waals surface area contributed by atoms with Gasteiger partial charge in [0.2, 0.25) is 5.91 Å². The van der Waals surface area contributed by atoms with Crippen LogP contribution in [0.15, 0.2) is 54.6 Å². The molecule has 2 aromatic carbocycles. The minimum Gasteiger partial charge on any atom is -0.432 e. The monoisotopic (exact) mass is 321 g/mol. The van der Waals surface area contributed by atoms with Crippen molar-refractivity contribution in [1.82, 2.24) is 4.81 Å². The Hall–Kier alpha value is -2.07. The lowest BCUT2D eigenvalue weighted by Crippen LogP contribution is -2.51. The van der Waals surface area contributed by atoms with Crippen LogP contribution in [0.5, 0.6) is 0 Å². The molecule has 24 heavy (non-hydrogen) atoms. The molecule has 0 aromatic heterocycles. The highest BCUT2D eigenvalue weighted by molar-refractivity contribution is 6.49. The van der Waals surface area contributed by atoms with Crippen molar-refractivity contribution in [3.63, 3.8) is 0 Å². The van der Waals surface area contributed by atoms with Crippen molar-refractivity contribution in [1.29, 1.82) is 0 Å². The van der Waals surface area contributed by atoms with Crippen molar-refractivity contribution in [3.05, 3.63) is 60.2 Å². The van der Waals surface area contributed by atoms with Crippen molar-refractivity contribution in [2.75, 3.05) is 0 Å². The molecule has 3 nitrogen and oxygen atoms in total. The van der Waals surface area contributed by atoms with Gasteiger partial charge in [0.25, 0.3) is 0 Å². The molecule has 0 unspecified atom stereocenters. The van der Waals surface area contributed by atoms with Crippen LogP contribution in [0.4, 0.5) is 0 Å². The third-order valence-corrected chi connectivity index (χ3v) is 5.23. The molecule has 1 aliphatic rings. The van der Waals surface area contributed by atoms with Gasteiger partial charge < -0.3 is 9.83 Å². The van der Waals surface area contributed by atoms with Gasteiger partial charge in [-0.25, -0.2) is 0 Å². The highest BCUT2D eigenvalue weighted by Crippen LogP contribution is 2.37. The second-order valence-electron chi connectivity index (χ2n) is 7.15. The summed E-state index contributed by atoms with van der Waals surface area (Å²) in [6, 6.07) is 18.9. The Kier molecular flexibility index (Phi) is 4.50. The first kappa shape index (κ1) is 16.8. The predicted octanol–water partition coefficient (Wildman–Crippen LogP) is 3.73. The van der Waals surface area contributed by atoms with Gasteiger partial charge in [-0.1, -0.05) is 68.4 Å². The number of hydrogen-bond acceptors (Lipinski definition) is 2. The lowest BCUT2D eigenvalue weighted by atomic mass is 9.72. The van der Waals surface area contributed by atoms with E-state index in [1.54, 1.807) is 11.6 Å². The number of benzene rings is 2. The Bertz CT molecular complexity index is 710. The maximum atomic E-state index is 12.1. The Morgan fingerprint density at radius 1 is 1.04 bits per heavy atom. The topological polar surface area (TPSA) is 40.5 Å². The Morgan fingerprint density at radius 2 is 1.62 bits per heavy atom. The molecule has 1 fully saturated rings. The minimum absolute atomic E-state index is 0.0209. The summed E-state index contributed by atoms with van der Waals surface area (Å²) < 4.78 is 0. The van der Waals surface area contributed by atoms with Crippen LogP contribution >= 0.6 is 0 Å². The molecule has 0 radical (unpaired) electrons. The van der Waals surface area contributed by atoms with E-state index in [1.165, 1.54) is 16.7 Å². The third kappa shape index (κ3) is 2.98. The summed E-state index contributed by atoms with van der Waals surface area (Å²) in [5.41, 5.74) is 3.36. The molecule has 1 amide bonds. The van der Waals surface area contributed by atoms with E-state index in [-0.39, 0.29) is 17.4 Å². The summed E-state index contributed by atoms with van der Waals surface area (Å²) in [5.74, 6) is 0.0454. The van der Waals surface area contributed by atoms with Gasteiger partial charge in [-0.15, -0.1) is 0 Å². The van der Waals surface area contributed by atoms with E-state index in [0.29, 0.717) is 6.42 Å². The molecule has 0 bridgehead atoms. The molecule has 124 valence electrons. The molecule has 2 aromatic rings. The second kappa shape index (κ2) is 6.44. The summed E-state index contributed by atoms with van der Waals surface area (Å²) in [6.07, 6.45) is 1.30.